The molecule has 3 rings (SSSR count). The largest absolute Gasteiger partial charge is 0.450 e. The lowest BCUT2D eigenvalue weighted by atomic mass is 10.3. The molecule has 0 saturated heterocycles. The fraction of sp³-hybridized carbons (Fsp3) is 0.125. The van der Waals surface area contributed by atoms with Gasteiger partial charge in [0.25, 0.3) is 11.7 Å². The molecule has 3 aromatic rings. The highest BCUT2D eigenvalue weighted by molar-refractivity contribution is 7.13. The number of benzene rings is 1. The van der Waals surface area contributed by atoms with E-state index in [1.807, 2.05) is 17.5 Å². The minimum atomic E-state index is -0.817. The van der Waals surface area contributed by atoms with E-state index in [9.17, 15) is 14.0 Å². The van der Waals surface area contributed by atoms with Crippen LogP contribution in [0.25, 0.3) is 16.4 Å². The quantitative estimate of drug-likeness (QED) is 0.704. The predicted molar refractivity (Wildman–Crippen MR) is 89.0 cm³/mol. The molecule has 2 aromatic heterocycles. The van der Waals surface area contributed by atoms with E-state index in [2.05, 4.69) is 15.4 Å². The van der Waals surface area contributed by atoms with Crippen LogP contribution in [0.2, 0.25) is 0 Å². The van der Waals surface area contributed by atoms with Crippen LogP contribution in [-0.2, 0) is 9.53 Å². The number of esters is 1. The predicted octanol–water partition coefficient (Wildman–Crippen LogP) is 2.04. The minimum Gasteiger partial charge on any atom is -0.450 e. The number of hydrogen-bond acceptors (Lipinski definition) is 6. The number of rotatable bonds is 5. The van der Waals surface area contributed by atoms with Crippen molar-refractivity contribution in [3.05, 3.63) is 53.4 Å². The fourth-order valence-electron chi connectivity index (χ4n) is 1.99. The Bertz CT molecular complexity index is 891. The molecule has 2 heterocycles. The Kier molecular flexibility index (Phi) is 4.85. The van der Waals surface area contributed by atoms with Crippen molar-refractivity contribution in [1.29, 1.82) is 0 Å². The summed E-state index contributed by atoms with van der Waals surface area (Å²) in [6.07, 6.45) is 0. The first-order valence-electron chi connectivity index (χ1n) is 7.23. The van der Waals surface area contributed by atoms with Crippen LogP contribution in [0.15, 0.2) is 41.8 Å². The van der Waals surface area contributed by atoms with E-state index in [1.54, 1.807) is 0 Å². The van der Waals surface area contributed by atoms with Gasteiger partial charge in [0.1, 0.15) is 5.82 Å². The van der Waals surface area contributed by atoms with Crippen LogP contribution in [0.5, 0.6) is 0 Å². The monoisotopic (exact) mass is 360 g/mol. The second-order valence-electron chi connectivity index (χ2n) is 4.87. The molecule has 0 aliphatic rings. The maximum absolute atomic E-state index is 13.2. The molecule has 1 amide bonds. The molecule has 25 heavy (non-hydrogen) atoms. The summed E-state index contributed by atoms with van der Waals surface area (Å²) in [5.74, 6) is -1.40. The second kappa shape index (κ2) is 7.22. The first-order valence-corrected chi connectivity index (χ1v) is 8.11. The van der Waals surface area contributed by atoms with Gasteiger partial charge >= 0.3 is 5.97 Å². The highest BCUT2D eigenvalue weighted by Gasteiger charge is 2.21. The van der Waals surface area contributed by atoms with Crippen molar-refractivity contribution in [2.45, 2.75) is 0 Å². The van der Waals surface area contributed by atoms with Gasteiger partial charge in [-0.3, -0.25) is 4.79 Å². The van der Waals surface area contributed by atoms with E-state index in [4.69, 9.17) is 4.74 Å². The molecule has 0 bridgehead atoms. The van der Waals surface area contributed by atoms with Gasteiger partial charge in [-0.05, 0) is 35.7 Å². The fourth-order valence-corrected chi connectivity index (χ4v) is 2.69. The summed E-state index contributed by atoms with van der Waals surface area (Å²) in [4.78, 5) is 28.3. The molecule has 1 aromatic carbocycles. The molecule has 1 N–H and O–H groups in total. The molecular weight excluding hydrogens is 347 g/mol. The molecule has 9 heteroatoms. The van der Waals surface area contributed by atoms with Gasteiger partial charge in [-0.2, -0.15) is 4.98 Å². The van der Waals surface area contributed by atoms with Crippen molar-refractivity contribution < 1.29 is 18.7 Å². The van der Waals surface area contributed by atoms with Crippen LogP contribution >= 0.6 is 11.3 Å². The van der Waals surface area contributed by atoms with Crippen LogP contribution in [0.4, 0.5) is 4.39 Å². The summed E-state index contributed by atoms with van der Waals surface area (Å²) in [6, 6.07) is 9.31. The lowest BCUT2D eigenvalue weighted by Crippen LogP contribution is -2.25. The smallest absolute Gasteiger partial charge is 0.378 e. The van der Waals surface area contributed by atoms with Crippen LogP contribution < -0.4 is 5.32 Å². The zero-order valence-corrected chi connectivity index (χ0v) is 13.9. The van der Waals surface area contributed by atoms with Crippen LogP contribution in [0.1, 0.15) is 10.6 Å². The van der Waals surface area contributed by atoms with E-state index in [-0.39, 0.29) is 11.6 Å². The van der Waals surface area contributed by atoms with Gasteiger partial charge < -0.3 is 10.1 Å². The van der Waals surface area contributed by atoms with Gasteiger partial charge in [0.2, 0.25) is 0 Å². The second-order valence-corrected chi connectivity index (χ2v) is 5.82. The van der Waals surface area contributed by atoms with Crippen LogP contribution in [0, 0.1) is 5.82 Å². The summed E-state index contributed by atoms with van der Waals surface area (Å²) >= 11 is 1.42. The van der Waals surface area contributed by atoms with E-state index in [0.717, 1.165) is 4.88 Å². The van der Waals surface area contributed by atoms with E-state index >= 15 is 0 Å². The molecular formula is C16H13FN4O3S. The number of likely N-dealkylation sites (N-methyl/N-ethyl adjacent to an activating group) is 1. The normalized spacial score (nSPS) is 10.5. The van der Waals surface area contributed by atoms with Gasteiger partial charge in [0.05, 0.1) is 10.6 Å². The SMILES string of the molecule is CNC(=O)COC(=O)c1nc(-c2cccs2)n(-c2ccc(F)cc2)n1. The van der Waals surface area contributed by atoms with Crippen LogP contribution in [0.3, 0.4) is 0 Å². The third kappa shape index (κ3) is 3.72. The van der Waals surface area contributed by atoms with Crippen molar-refractivity contribution >= 4 is 23.2 Å². The van der Waals surface area contributed by atoms with Crippen molar-refractivity contribution in [2.24, 2.45) is 0 Å². The third-order valence-corrected chi connectivity index (χ3v) is 4.08. The Hall–Kier alpha value is -3.07. The molecule has 0 aliphatic heterocycles. The average molecular weight is 360 g/mol. The van der Waals surface area contributed by atoms with Crippen LogP contribution in [-0.4, -0.2) is 40.3 Å². The average Bonchev–Trinajstić information content (AvgIpc) is 3.29. The van der Waals surface area contributed by atoms with E-state index in [1.165, 1.54) is 47.3 Å². The zero-order valence-electron chi connectivity index (χ0n) is 13.1. The van der Waals surface area contributed by atoms with Gasteiger partial charge in [-0.1, -0.05) is 6.07 Å². The van der Waals surface area contributed by atoms with Crippen molar-refractivity contribution in [2.75, 3.05) is 13.7 Å². The molecule has 0 atom stereocenters. The van der Waals surface area contributed by atoms with Gasteiger partial charge in [0, 0.05) is 7.05 Å². The number of hydrogen-bond donors (Lipinski definition) is 1. The number of ether oxygens (including phenoxy) is 1. The molecule has 0 unspecified atom stereocenters. The Morgan fingerprint density at radius 2 is 2.04 bits per heavy atom. The van der Waals surface area contributed by atoms with Gasteiger partial charge in [-0.15, -0.1) is 16.4 Å². The highest BCUT2D eigenvalue weighted by Crippen LogP contribution is 2.25. The first kappa shape index (κ1) is 16.8. The number of halogens is 1. The topological polar surface area (TPSA) is 86.1 Å². The highest BCUT2D eigenvalue weighted by atomic mass is 32.1. The van der Waals surface area contributed by atoms with Gasteiger partial charge in [-0.25, -0.2) is 13.9 Å². The van der Waals surface area contributed by atoms with Crippen molar-refractivity contribution in [3.8, 4) is 16.4 Å². The maximum Gasteiger partial charge on any atom is 0.378 e. The number of carbonyl (C=O) groups excluding carboxylic acids is 2. The number of carbonyl (C=O) groups is 2. The number of nitrogens with one attached hydrogen (secondary N) is 1. The van der Waals surface area contributed by atoms with Crippen molar-refractivity contribution in [1.82, 2.24) is 20.1 Å². The molecule has 0 aliphatic carbocycles. The van der Waals surface area contributed by atoms with E-state index < -0.39 is 18.5 Å². The Morgan fingerprint density at radius 1 is 1.28 bits per heavy atom. The number of aromatic nitrogens is 3. The van der Waals surface area contributed by atoms with Crippen molar-refractivity contribution in [3.63, 3.8) is 0 Å². The Morgan fingerprint density at radius 3 is 2.68 bits per heavy atom. The lowest BCUT2D eigenvalue weighted by molar-refractivity contribution is -0.123. The Labute approximate surface area is 146 Å². The number of nitrogens with zero attached hydrogens (tertiary/aromatic N) is 3. The summed E-state index contributed by atoms with van der Waals surface area (Å²) in [5, 5.41) is 8.36. The summed E-state index contributed by atoms with van der Waals surface area (Å²) in [5.41, 5.74) is 0.544. The molecule has 0 saturated carbocycles. The third-order valence-electron chi connectivity index (χ3n) is 3.22. The summed E-state index contributed by atoms with van der Waals surface area (Å²) in [6.45, 7) is -0.422. The van der Waals surface area contributed by atoms with E-state index in [0.29, 0.717) is 11.5 Å². The Balaban J connectivity index is 1.96. The summed E-state index contributed by atoms with van der Waals surface area (Å²) in [7, 11) is 1.44. The molecule has 0 spiro atoms. The lowest BCUT2D eigenvalue weighted by Gasteiger charge is -2.04. The number of thiophene rings is 1. The standard InChI is InChI=1S/C16H13FN4O3S/c1-18-13(22)9-24-16(23)14-19-15(12-3-2-8-25-12)21(20-14)11-6-4-10(17)5-7-11/h2-8H,9H2,1H3,(H,18,22). The molecule has 0 radical (unpaired) electrons. The molecule has 0 fully saturated rings. The zero-order chi connectivity index (χ0) is 17.8. The minimum absolute atomic E-state index is 0.184. The van der Waals surface area contributed by atoms with Gasteiger partial charge in [0.15, 0.2) is 12.4 Å². The summed E-state index contributed by atoms with van der Waals surface area (Å²) < 4.78 is 19.5. The maximum atomic E-state index is 13.2. The molecule has 7 nitrogen and oxygen atoms in total. The number of amides is 1. The first-order chi connectivity index (χ1) is 12.1. The molecule has 128 valence electrons.